The number of benzene rings is 3. The summed E-state index contributed by atoms with van der Waals surface area (Å²) in [6.07, 6.45) is 4.94. The summed E-state index contributed by atoms with van der Waals surface area (Å²) in [5, 5.41) is 2.28. The SMILES string of the molecule is c1ccc2c(c1)oc1ccc([C@H]3O[C@H]4CCCC[C@H]4c4cc5c(cc43)OCO5)cc12. The average Bonchev–Trinajstić information content (AvgIpc) is 3.40. The number of ether oxygens (including phenoxy) is 3. The molecule has 3 aliphatic rings. The largest absolute Gasteiger partial charge is 0.456 e. The van der Waals surface area contributed by atoms with Crippen molar-refractivity contribution in [3.8, 4) is 11.5 Å². The molecule has 0 spiro atoms. The van der Waals surface area contributed by atoms with Gasteiger partial charge in [-0.3, -0.25) is 0 Å². The summed E-state index contributed by atoms with van der Waals surface area (Å²) in [4.78, 5) is 0. The van der Waals surface area contributed by atoms with Crippen LogP contribution < -0.4 is 9.47 Å². The number of rotatable bonds is 1. The van der Waals surface area contributed by atoms with Crippen LogP contribution in [-0.4, -0.2) is 12.9 Å². The molecule has 3 heterocycles. The summed E-state index contributed by atoms with van der Waals surface area (Å²) in [5.41, 5.74) is 5.59. The first-order valence-corrected chi connectivity index (χ1v) is 10.9. The van der Waals surface area contributed by atoms with E-state index in [2.05, 4.69) is 42.5 Å². The lowest BCUT2D eigenvalue weighted by Gasteiger charge is -2.41. The van der Waals surface area contributed by atoms with Crippen molar-refractivity contribution in [1.82, 2.24) is 0 Å². The van der Waals surface area contributed by atoms with Gasteiger partial charge >= 0.3 is 0 Å². The Bertz CT molecular complexity index is 1290. The van der Waals surface area contributed by atoms with Gasteiger partial charge in [-0.2, -0.15) is 0 Å². The highest BCUT2D eigenvalue weighted by atomic mass is 16.7. The number of para-hydroxylation sites is 1. The second-order valence-electron chi connectivity index (χ2n) is 8.63. The predicted octanol–water partition coefficient (Wildman–Crippen LogP) is 6.46. The van der Waals surface area contributed by atoms with E-state index in [1.165, 1.54) is 30.4 Å². The molecule has 0 radical (unpaired) electrons. The summed E-state index contributed by atoms with van der Waals surface area (Å²) < 4.78 is 24.2. The van der Waals surface area contributed by atoms with E-state index in [4.69, 9.17) is 18.6 Å². The van der Waals surface area contributed by atoms with Crippen LogP contribution in [0.1, 0.15) is 54.4 Å². The van der Waals surface area contributed by atoms with Gasteiger partial charge in [0.05, 0.1) is 6.10 Å². The van der Waals surface area contributed by atoms with Crippen LogP contribution in [0.3, 0.4) is 0 Å². The first-order valence-electron chi connectivity index (χ1n) is 10.9. The molecule has 1 fully saturated rings. The summed E-state index contributed by atoms with van der Waals surface area (Å²) in [6, 6.07) is 19.0. The van der Waals surface area contributed by atoms with Gasteiger partial charge in [-0.05, 0) is 59.9 Å². The third kappa shape index (κ3) is 2.37. The highest BCUT2D eigenvalue weighted by Gasteiger charge is 2.39. The summed E-state index contributed by atoms with van der Waals surface area (Å²) >= 11 is 0. The Morgan fingerprint density at radius 3 is 2.47 bits per heavy atom. The van der Waals surface area contributed by atoms with Gasteiger partial charge in [0.1, 0.15) is 17.3 Å². The van der Waals surface area contributed by atoms with E-state index in [0.29, 0.717) is 12.7 Å². The Balaban J connectivity index is 1.42. The van der Waals surface area contributed by atoms with E-state index >= 15 is 0 Å². The molecule has 2 aliphatic heterocycles. The molecule has 30 heavy (non-hydrogen) atoms. The fourth-order valence-corrected chi connectivity index (χ4v) is 5.55. The summed E-state index contributed by atoms with van der Waals surface area (Å²) in [6.45, 7) is 0.296. The fourth-order valence-electron chi connectivity index (χ4n) is 5.55. The smallest absolute Gasteiger partial charge is 0.231 e. The lowest BCUT2D eigenvalue weighted by molar-refractivity contribution is -0.0389. The third-order valence-electron chi connectivity index (χ3n) is 6.98. The van der Waals surface area contributed by atoms with Gasteiger partial charge in [0.15, 0.2) is 11.5 Å². The van der Waals surface area contributed by atoms with Crippen molar-refractivity contribution in [3.05, 3.63) is 71.3 Å². The van der Waals surface area contributed by atoms with Crippen molar-refractivity contribution in [2.24, 2.45) is 0 Å². The molecule has 3 aromatic carbocycles. The second kappa shape index (κ2) is 6.26. The van der Waals surface area contributed by atoms with Crippen molar-refractivity contribution in [3.63, 3.8) is 0 Å². The molecule has 0 bridgehead atoms. The third-order valence-corrected chi connectivity index (χ3v) is 6.98. The highest BCUT2D eigenvalue weighted by Crippen LogP contribution is 2.51. The zero-order chi connectivity index (χ0) is 19.7. The minimum Gasteiger partial charge on any atom is -0.456 e. The van der Waals surface area contributed by atoms with Crippen LogP contribution in [0.2, 0.25) is 0 Å². The maximum absolute atomic E-state index is 6.77. The zero-order valence-electron chi connectivity index (χ0n) is 16.6. The molecular weight excluding hydrogens is 376 g/mol. The summed E-state index contributed by atoms with van der Waals surface area (Å²) in [5.74, 6) is 2.14. The van der Waals surface area contributed by atoms with Crippen molar-refractivity contribution in [2.45, 2.75) is 43.8 Å². The van der Waals surface area contributed by atoms with E-state index in [-0.39, 0.29) is 12.2 Å². The maximum Gasteiger partial charge on any atom is 0.231 e. The van der Waals surface area contributed by atoms with E-state index in [0.717, 1.165) is 45.4 Å². The Morgan fingerprint density at radius 1 is 0.733 bits per heavy atom. The van der Waals surface area contributed by atoms with Crippen LogP contribution in [0, 0.1) is 0 Å². The topological polar surface area (TPSA) is 40.8 Å². The van der Waals surface area contributed by atoms with E-state index in [1.807, 2.05) is 12.1 Å². The quantitative estimate of drug-likeness (QED) is 0.369. The van der Waals surface area contributed by atoms with E-state index in [1.54, 1.807) is 0 Å². The molecule has 4 aromatic rings. The van der Waals surface area contributed by atoms with E-state index in [9.17, 15) is 0 Å². The normalized spacial score (nSPS) is 24.7. The monoisotopic (exact) mass is 398 g/mol. The molecule has 1 aromatic heterocycles. The molecule has 0 N–H and O–H groups in total. The van der Waals surface area contributed by atoms with Gasteiger partial charge in [0.25, 0.3) is 0 Å². The van der Waals surface area contributed by atoms with Gasteiger partial charge in [-0.15, -0.1) is 0 Å². The van der Waals surface area contributed by atoms with Gasteiger partial charge < -0.3 is 18.6 Å². The van der Waals surface area contributed by atoms with E-state index < -0.39 is 0 Å². The van der Waals surface area contributed by atoms with Gasteiger partial charge in [-0.1, -0.05) is 37.1 Å². The minimum absolute atomic E-state index is 0.105. The van der Waals surface area contributed by atoms with Crippen molar-refractivity contribution < 1.29 is 18.6 Å². The minimum atomic E-state index is -0.105. The molecule has 0 saturated heterocycles. The molecule has 0 amide bonds. The van der Waals surface area contributed by atoms with Crippen LogP contribution in [0.5, 0.6) is 11.5 Å². The standard InChI is InChI=1S/C26H22O4/c1-4-8-22-16(5-1)18-12-24-25(28-14-27-24)13-20(18)26(30-22)15-9-10-23-19(11-15)17-6-2-3-7-21(17)29-23/h2-3,6-7,9-13,16,22,26H,1,4-5,8,14H2/t16-,22-,26+/m0/s1. The number of furan rings is 1. The molecule has 4 nitrogen and oxygen atoms in total. The fraction of sp³-hybridized carbons (Fsp3) is 0.308. The lowest BCUT2D eigenvalue weighted by Crippen LogP contribution is -2.33. The lowest BCUT2D eigenvalue weighted by atomic mass is 9.76. The van der Waals surface area contributed by atoms with Crippen molar-refractivity contribution >= 4 is 21.9 Å². The zero-order valence-corrected chi connectivity index (χ0v) is 16.6. The first kappa shape index (κ1) is 16.8. The van der Waals surface area contributed by atoms with Crippen LogP contribution in [-0.2, 0) is 4.74 Å². The predicted molar refractivity (Wildman–Crippen MR) is 114 cm³/mol. The Labute approximate surface area is 174 Å². The molecular formula is C26H22O4. The number of hydrogen-bond acceptors (Lipinski definition) is 4. The average molecular weight is 398 g/mol. The van der Waals surface area contributed by atoms with Crippen molar-refractivity contribution in [2.75, 3.05) is 6.79 Å². The Morgan fingerprint density at radius 2 is 1.53 bits per heavy atom. The highest BCUT2D eigenvalue weighted by molar-refractivity contribution is 6.05. The summed E-state index contributed by atoms with van der Waals surface area (Å²) in [7, 11) is 0. The maximum atomic E-state index is 6.77. The van der Waals surface area contributed by atoms with Gasteiger partial charge in [-0.25, -0.2) is 0 Å². The van der Waals surface area contributed by atoms with Crippen molar-refractivity contribution in [1.29, 1.82) is 0 Å². The molecule has 7 rings (SSSR count). The van der Waals surface area contributed by atoms with Crippen LogP contribution >= 0.6 is 0 Å². The first-order chi connectivity index (χ1) is 14.8. The number of hydrogen-bond donors (Lipinski definition) is 0. The second-order valence-corrected chi connectivity index (χ2v) is 8.63. The van der Waals surface area contributed by atoms with Crippen LogP contribution in [0.15, 0.2) is 59.0 Å². The van der Waals surface area contributed by atoms with Crippen LogP contribution in [0.4, 0.5) is 0 Å². The Kier molecular flexibility index (Phi) is 3.50. The van der Waals surface area contributed by atoms with Crippen LogP contribution in [0.25, 0.3) is 21.9 Å². The molecule has 0 unspecified atom stereocenters. The van der Waals surface area contributed by atoms with Gasteiger partial charge in [0, 0.05) is 16.7 Å². The molecule has 3 atom stereocenters. The Hall–Kier alpha value is -2.98. The number of fused-ring (bicyclic) bond motifs is 7. The molecule has 150 valence electrons. The molecule has 1 aliphatic carbocycles. The molecule has 4 heteroatoms. The molecule has 1 saturated carbocycles. The van der Waals surface area contributed by atoms with Gasteiger partial charge in [0.2, 0.25) is 6.79 Å².